The molecule has 15 atom stereocenters. The highest BCUT2D eigenvalue weighted by Crippen LogP contribution is 2.73. The molecule has 8 heteroatoms. The van der Waals surface area contributed by atoms with Gasteiger partial charge in [-0.3, -0.25) is 0 Å². The average Bonchev–Trinajstić information content (AvgIpc) is 3.33. The molecule has 0 unspecified atom stereocenters. The molecule has 7 aliphatic rings. The van der Waals surface area contributed by atoms with E-state index < -0.39 is 48.5 Å². The largest absolute Gasteiger partial charge is 0.394 e. The van der Waals surface area contributed by atoms with Gasteiger partial charge in [0.1, 0.15) is 35.6 Å². The minimum absolute atomic E-state index is 0.118. The van der Waals surface area contributed by atoms with E-state index in [0.717, 1.165) is 25.7 Å². The molecule has 7 rings (SSSR count). The van der Waals surface area contributed by atoms with Crippen LogP contribution in [-0.4, -0.2) is 75.0 Å². The highest BCUT2D eigenvalue weighted by atomic mass is 17.2. The van der Waals surface area contributed by atoms with Gasteiger partial charge in [-0.25, -0.2) is 9.78 Å². The topological polar surface area (TPSA) is 118 Å². The second-order valence-corrected chi connectivity index (χ2v) is 15.5. The van der Waals surface area contributed by atoms with Crippen LogP contribution >= 0.6 is 0 Å². The van der Waals surface area contributed by atoms with Crippen LogP contribution < -0.4 is 0 Å². The fourth-order valence-corrected chi connectivity index (χ4v) is 10.2. The Kier molecular flexibility index (Phi) is 8.09. The fraction of sp³-hybridized carbons (Fsp3) is 0.882. The van der Waals surface area contributed by atoms with Crippen LogP contribution in [0.3, 0.4) is 0 Å². The molecule has 0 amide bonds. The Balaban J connectivity index is 1.21. The molecule has 0 aromatic heterocycles. The second-order valence-electron chi connectivity index (χ2n) is 15.5. The predicted octanol–water partition coefficient (Wildman–Crippen LogP) is 4.30. The van der Waals surface area contributed by atoms with Gasteiger partial charge < -0.3 is 29.9 Å². The Labute approximate surface area is 251 Å². The van der Waals surface area contributed by atoms with Gasteiger partial charge in [-0.05, 0) is 73.7 Å². The molecule has 0 radical (unpaired) electrons. The van der Waals surface area contributed by atoms with Crippen molar-refractivity contribution in [3.8, 4) is 0 Å². The summed E-state index contributed by atoms with van der Waals surface area (Å²) >= 11 is 0. The smallest absolute Gasteiger partial charge is 0.186 e. The van der Waals surface area contributed by atoms with Crippen LogP contribution in [-0.2, 0) is 19.2 Å². The Morgan fingerprint density at radius 2 is 1.64 bits per heavy atom. The van der Waals surface area contributed by atoms with E-state index in [1.54, 1.807) is 0 Å². The summed E-state index contributed by atoms with van der Waals surface area (Å²) in [6.45, 7) is 13.7. The van der Waals surface area contributed by atoms with Gasteiger partial charge >= 0.3 is 0 Å². The fourth-order valence-electron chi connectivity index (χ4n) is 10.2. The number of hydrogen-bond donors (Lipinski definition) is 4. The number of ether oxygens (including phenoxy) is 2. The first kappa shape index (κ1) is 31.2. The lowest BCUT2D eigenvalue weighted by Gasteiger charge is -2.69. The molecule has 3 heterocycles. The van der Waals surface area contributed by atoms with Crippen LogP contribution in [0.4, 0.5) is 0 Å². The van der Waals surface area contributed by atoms with Gasteiger partial charge in [-0.2, -0.15) is 0 Å². The number of aliphatic hydroxyl groups is 4. The van der Waals surface area contributed by atoms with E-state index in [2.05, 4.69) is 65.8 Å². The summed E-state index contributed by atoms with van der Waals surface area (Å²) in [5, 5.41) is 40.6. The summed E-state index contributed by atoms with van der Waals surface area (Å²) in [5.74, 6) is 3.12. The summed E-state index contributed by atoms with van der Waals surface area (Å²) < 4.78 is 11.9. The van der Waals surface area contributed by atoms with E-state index in [0.29, 0.717) is 41.9 Å². The minimum atomic E-state index is -1.46. The molecule has 2 spiro atoms. The second kappa shape index (κ2) is 10.9. The molecule has 5 fully saturated rings. The van der Waals surface area contributed by atoms with Crippen LogP contribution in [0.15, 0.2) is 24.3 Å². The number of hydrogen-bond acceptors (Lipinski definition) is 8. The van der Waals surface area contributed by atoms with E-state index in [9.17, 15) is 20.4 Å². The van der Waals surface area contributed by atoms with E-state index in [1.165, 1.54) is 12.8 Å². The zero-order valence-corrected chi connectivity index (χ0v) is 26.3. The van der Waals surface area contributed by atoms with Crippen molar-refractivity contribution in [3.63, 3.8) is 0 Å². The summed E-state index contributed by atoms with van der Waals surface area (Å²) in [6.07, 6.45) is 9.63. The molecule has 238 valence electrons. The Morgan fingerprint density at radius 1 is 0.881 bits per heavy atom. The summed E-state index contributed by atoms with van der Waals surface area (Å²) in [6, 6.07) is 0. The van der Waals surface area contributed by atoms with E-state index in [4.69, 9.17) is 19.2 Å². The van der Waals surface area contributed by atoms with Crippen molar-refractivity contribution in [2.24, 2.45) is 46.3 Å². The standard InChI is InChI=1S/C34H54O8/c1-19(2)20(3)7-8-21(4)23-9-10-25-31(23,5)13-12-26-32(6)14-11-22(17-33(32)15-16-34(25,26)42-41-33)39-30-29(38)28(37)27(36)24(18-35)40-30/h7-8,15-16,19-30,35-38H,9-14,17-18H2,1-6H3/b8-7+/t20-,21+,22-,23+,24+,25+,26+,27+,28-,29+,30+,31+,32+,33-,34+/m0/s1. The monoisotopic (exact) mass is 590 g/mol. The van der Waals surface area contributed by atoms with Crippen LogP contribution in [0.25, 0.3) is 0 Å². The summed E-state index contributed by atoms with van der Waals surface area (Å²) in [7, 11) is 0. The SMILES string of the molecule is CC(C)[C@@H](C)/C=C/[C@@H](C)[C@H]1CC[C@@H]2[C@]1(C)CC[C@H]1[C@@]23C=C[C@@]2(C[C@@H](O[C@@H]4O[C@H](CO)[C@@H](O)[C@H](O)[C@H]4O)CC[C@]12C)OO3. The average molecular weight is 591 g/mol. The van der Waals surface area contributed by atoms with Crippen molar-refractivity contribution >= 4 is 0 Å². The van der Waals surface area contributed by atoms with Gasteiger partial charge in [0.2, 0.25) is 0 Å². The maximum Gasteiger partial charge on any atom is 0.186 e. The third-order valence-electron chi connectivity index (χ3n) is 13.3. The summed E-state index contributed by atoms with van der Waals surface area (Å²) in [4.78, 5) is 13.1. The third-order valence-corrected chi connectivity index (χ3v) is 13.3. The van der Waals surface area contributed by atoms with Crippen LogP contribution in [0, 0.1) is 46.3 Å². The van der Waals surface area contributed by atoms with E-state index in [-0.39, 0.29) is 16.9 Å². The molecule has 0 aromatic carbocycles. The molecule has 3 saturated carbocycles. The molecule has 0 aromatic rings. The van der Waals surface area contributed by atoms with Crippen LogP contribution in [0.1, 0.15) is 86.5 Å². The van der Waals surface area contributed by atoms with E-state index in [1.807, 2.05) is 0 Å². The van der Waals surface area contributed by atoms with Crippen LogP contribution in [0.2, 0.25) is 0 Å². The van der Waals surface area contributed by atoms with Crippen molar-refractivity contribution in [2.75, 3.05) is 6.61 Å². The maximum atomic E-state index is 10.6. The Bertz CT molecular complexity index is 1060. The molecule has 4 N–H and O–H groups in total. The van der Waals surface area contributed by atoms with Gasteiger partial charge in [0, 0.05) is 23.7 Å². The number of rotatable bonds is 7. The van der Waals surface area contributed by atoms with Gasteiger partial charge in [0.05, 0.1) is 12.7 Å². The first-order valence-electron chi connectivity index (χ1n) is 16.5. The van der Waals surface area contributed by atoms with Crippen molar-refractivity contribution in [1.29, 1.82) is 0 Å². The number of allylic oxidation sites excluding steroid dienone is 2. The zero-order valence-electron chi connectivity index (χ0n) is 26.3. The quantitative estimate of drug-likeness (QED) is 0.256. The number of aliphatic hydroxyl groups excluding tert-OH is 4. The zero-order chi connectivity index (χ0) is 30.2. The Hall–Kier alpha value is -0.840. The molecule has 2 bridgehead atoms. The van der Waals surface area contributed by atoms with Crippen molar-refractivity contribution in [1.82, 2.24) is 0 Å². The first-order valence-corrected chi connectivity index (χ1v) is 16.5. The lowest BCUT2D eigenvalue weighted by molar-refractivity contribution is -0.499. The molecular weight excluding hydrogens is 536 g/mol. The minimum Gasteiger partial charge on any atom is -0.394 e. The lowest BCUT2D eigenvalue weighted by atomic mass is 9.42. The van der Waals surface area contributed by atoms with Crippen molar-refractivity contribution in [3.05, 3.63) is 24.3 Å². The highest BCUT2D eigenvalue weighted by Gasteiger charge is 2.74. The van der Waals surface area contributed by atoms with Crippen molar-refractivity contribution in [2.45, 2.75) is 135 Å². The molecule has 2 saturated heterocycles. The normalized spacial score (nSPS) is 53.2. The summed E-state index contributed by atoms with van der Waals surface area (Å²) in [5.41, 5.74) is -0.998. The molecular formula is C34H54O8. The maximum absolute atomic E-state index is 10.6. The molecule has 4 aliphatic carbocycles. The first-order chi connectivity index (χ1) is 19.8. The van der Waals surface area contributed by atoms with Gasteiger partial charge in [0.15, 0.2) is 6.29 Å². The highest BCUT2D eigenvalue weighted by molar-refractivity contribution is 5.33. The van der Waals surface area contributed by atoms with Gasteiger partial charge in [0.25, 0.3) is 0 Å². The lowest BCUT2D eigenvalue weighted by Crippen LogP contribution is -2.73. The third kappa shape index (κ3) is 4.45. The van der Waals surface area contributed by atoms with Gasteiger partial charge in [-0.15, -0.1) is 0 Å². The molecule has 3 aliphatic heterocycles. The van der Waals surface area contributed by atoms with Gasteiger partial charge in [-0.1, -0.05) is 59.8 Å². The predicted molar refractivity (Wildman–Crippen MR) is 157 cm³/mol. The number of fused-ring (bicyclic) bond motifs is 2. The molecule has 42 heavy (non-hydrogen) atoms. The van der Waals surface area contributed by atoms with Crippen molar-refractivity contribution < 1.29 is 39.7 Å². The van der Waals surface area contributed by atoms with E-state index >= 15 is 0 Å². The van der Waals surface area contributed by atoms with Crippen LogP contribution in [0.5, 0.6) is 0 Å². The molecule has 8 nitrogen and oxygen atoms in total. The Morgan fingerprint density at radius 3 is 2.31 bits per heavy atom.